The first-order chi connectivity index (χ1) is 23.7. The molecule has 2 aliphatic rings. The summed E-state index contributed by atoms with van der Waals surface area (Å²) in [6, 6.07) is 35.4. The van der Waals surface area contributed by atoms with Crippen molar-refractivity contribution < 1.29 is 14.0 Å². The maximum absolute atomic E-state index is 13.5. The number of piperidine rings is 2. The number of primary amides is 1. The summed E-state index contributed by atoms with van der Waals surface area (Å²) in [5.74, 6) is 0.106. The fourth-order valence-electron chi connectivity index (χ4n) is 7.88. The second kappa shape index (κ2) is 16.9. The van der Waals surface area contributed by atoms with Gasteiger partial charge in [-0.05, 0) is 92.1 Å². The van der Waals surface area contributed by atoms with E-state index >= 15 is 0 Å². The molecule has 0 spiro atoms. The molecular weight excluding hydrogens is 611 g/mol. The van der Waals surface area contributed by atoms with Gasteiger partial charge in [0.2, 0.25) is 11.8 Å². The SMILES string of the molecule is CC(C(N)=O)(c1ccccc1)C1CCNCC1c1ccccc1.CCC(C(=O)NC1CCNCC1c1ccc(F)cc1C)c1ccccc1. The molecule has 49 heavy (non-hydrogen) atoms. The molecule has 4 aromatic carbocycles. The van der Waals surface area contributed by atoms with Crippen LogP contribution in [0.1, 0.15) is 78.7 Å². The third kappa shape index (κ3) is 8.46. The number of halogens is 1. The van der Waals surface area contributed by atoms with Gasteiger partial charge in [-0.2, -0.15) is 0 Å². The number of rotatable bonds is 9. The number of aryl methyl sites for hydroxylation is 1. The van der Waals surface area contributed by atoms with Gasteiger partial charge in [0.1, 0.15) is 5.82 Å². The van der Waals surface area contributed by atoms with E-state index in [-0.39, 0.29) is 47.3 Å². The highest BCUT2D eigenvalue weighted by molar-refractivity contribution is 5.87. The quantitative estimate of drug-likeness (QED) is 0.160. The fourth-order valence-corrected chi connectivity index (χ4v) is 7.88. The predicted molar refractivity (Wildman–Crippen MR) is 196 cm³/mol. The molecule has 0 radical (unpaired) electrons. The standard InChI is InChI=1S/C22H27FN2O.C20H24N2O/c1-3-18(16-7-5-4-6-8-16)22(26)25-21-11-12-24-14-20(21)19-10-9-17(23)13-15(19)2;1-20(19(21)23,16-10-6-3-7-11-16)18-12-13-22-14-17(18)15-8-4-2-5-9-15/h4-10,13,18,20-21,24H,3,11-12,14H2,1-2H3,(H,25,26);2-11,17-18,22H,12-14H2,1H3,(H2,21,23). The Morgan fingerprint density at radius 2 is 1.45 bits per heavy atom. The van der Waals surface area contributed by atoms with Gasteiger partial charge in [-0.1, -0.05) is 104 Å². The molecular formula is C42H51FN4O2. The van der Waals surface area contributed by atoms with Crippen molar-refractivity contribution in [1.82, 2.24) is 16.0 Å². The Balaban J connectivity index is 0.000000192. The van der Waals surface area contributed by atoms with E-state index in [9.17, 15) is 14.0 Å². The topological polar surface area (TPSA) is 96.2 Å². The molecule has 6 unspecified atom stereocenters. The van der Waals surface area contributed by atoms with Crippen LogP contribution in [0.15, 0.2) is 109 Å². The maximum atomic E-state index is 13.5. The van der Waals surface area contributed by atoms with E-state index in [1.54, 1.807) is 6.07 Å². The van der Waals surface area contributed by atoms with Crippen LogP contribution >= 0.6 is 0 Å². The summed E-state index contributed by atoms with van der Waals surface area (Å²) < 4.78 is 13.5. The van der Waals surface area contributed by atoms with Crippen LogP contribution in [0.3, 0.4) is 0 Å². The van der Waals surface area contributed by atoms with Gasteiger partial charge in [-0.25, -0.2) is 4.39 Å². The average molecular weight is 663 g/mol. The zero-order valence-electron chi connectivity index (χ0n) is 29.0. The highest BCUT2D eigenvalue weighted by atomic mass is 19.1. The molecule has 2 heterocycles. The minimum Gasteiger partial charge on any atom is -0.369 e. The van der Waals surface area contributed by atoms with Crippen LogP contribution in [0.4, 0.5) is 4.39 Å². The van der Waals surface area contributed by atoms with E-state index in [1.807, 2.05) is 93.6 Å². The second-order valence-electron chi connectivity index (χ2n) is 13.6. The lowest BCUT2D eigenvalue weighted by atomic mass is 9.62. The van der Waals surface area contributed by atoms with Crippen molar-refractivity contribution in [2.45, 2.75) is 69.2 Å². The molecule has 2 fully saturated rings. The molecule has 0 saturated carbocycles. The van der Waals surface area contributed by atoms with Crippen LogP contribution in [0.25, 0.3) is 0 Å². The van der Waals surface area contributed by atoms with Crippen molar-refractivity contribution in [3.8, 4) is 0 Å². The van der Waals surface area contributed by atoms with Gasteiger partial charge in [-0.3, -0.25) is 9.59 Å². The molecule has 0 bridgehead atoms. The Kier molecular flexibility index (Phi) is 12.4. The molecule has 0 aromatic heterocycles. The smallest absolute Gasteiger partial charge is 0.228 e. The van der Waals surface area contributed by atoms with Crippen molar-refractivity contribution in [2.75, 3.05) is 26.2 Å². The van der Waals surface area contributed by atoms with Crippen LogP contribution < -0.4 is 21.7 Å². The summed E-state index contributed by atoms with van der Waals surface area (Å²) in [6.45, 7) is 9.46. The Bertz CT molecular complexity index is 1650. The van der Waals surface area contributed by atoms with Gasteiger partial charge < -0.3 is 21.7 Å². The summed E-state index contributed by atoms with van der Waals surface area (Å²) >= 11 is 0. The van der Waals surface area contributed by atoms with E-state index in [0.29, 0.717) is 0 Å². The highest BCUT2D eigenvalue weighted by Gasteiger charge is 2.46. The van der Waals surface area contributed by atoms with E-state index < -0.39 is 5.41 Å². The van der Waals surface area contributed by atoms with Crippen molar-refractivity contribution in [3.05, 3.63) is 143 Å². The molecule has 6 rings (SSSR count). The summed E-state index contributed by atoms with van der Waals surface area (Å²) in [5.41, 5.74) is 10.6. The summed E-state index contributed by atoms with van der Waals surface area (Å²) in [6.07, 6.45) is 2.58. The monoisotopic (exact) mass is 662 g/mol. The van der Waals surface area contributed by atoms with Gasteiger partial charge in [0.15, 0.2) is 0 Å². The van der Waals surface area contributed by atoms with Gasteiger partial charge in [-0.15, -0.1) is 0 Å². The summed E-state index contributed by atoms with van der Waals surface area (Å²) in [4.78, 5) is 25.5. The molecule has 6 atom stereocenters. The molecule has 2 aliphatic heterocycles. The lowest BCUT2D eigenvalue weighted by molar-refractivity contribution is -0.126. The molecule has 7 heteroatoms. The first-order valence-electron chi connectivity index (χ1n) is 17.7. The predicted octanol–water partition coefficient (Wildman–Crippen LogP) is 6.71. The Morgan fingerprint density at radius 3 is 2.06 bits per heavy atom. The van der Waals surface area contributed by atoms with Gasteiger partial charge in [0.25, 0.3) is 0 Å². The summed E-state index contributed by atoms with van der Waals surface area (Å²) in [7, 11) is 0. The van der Waals surface area contributed by atoms with E-state index in [2.05, 4.69) is 40.2 Å². The van der Waals surface area contributed by atoms with E-state index in [4.69, 9.17) is 5.73 Å². The van der Waals surface area contributed by atoms with Gasteiger partial charge in [0, 0.05) is 31.0 Å². The Morgan fingerprint density at radius 1 is 0.857 bits per heavy atom. The fraction of sp³-hybridized carbons (Fsp3) is 0.381. The van der Waals surface area contributed by atoms with Gasteiger partial charge >= 0.3 is 0 Å². The van der Waals surface area contributed by atoms with Crippen molar-refractivity contribution >= 4 is 11.8 Å². The number of carbonyl (C=O) groups is 2. The third-order valence-corrected chi connectivity index (χ3v) is 10.7. The van der Waals surface area contributed by atoms with E-state index in [0.717, 1.165) is 67.7 Å². The van der Waals surface area contributed by atoms with Crippen molar-refractivity contribution in [1.29, 1.82) is 0 Å². The highest BCUT2D eigenvalue weighted by Crippen LogP contribution is 2.44. The number of hydrogen-bond donors (Lipinski definition) is 4. The molecule has 6 nitrogen and oxygen atoms in total. The number of benzene rings is 4. The first-order valence-corrected chi connectivity index (χ1v) is 17.7. The Hall–Kier alpha value is -4.33. The molecule has 2 saturated heterocycles. The molecule has 4 aromatic rings. The molecule has 0 aliphatic carbocycles. The van der Waals surface area contributed by atoms with Crippen molar-refractivity contribution in [3.63, 3.8) is 0 Å². The van der Waals surface area contributed by atoms with Crippen LogP contribution in [0.5, 0.6) is 0 Å². The Labute approximate surface area is 291 Å². The number of nitrogens with two attached hydrogens (primary N) is 1. The molecule has 5 N–H and O–H groups in total. The number of nitrogens with one attached hydrogen (secondary N) is 3. The zero-order chi connectivity index (χ0) is 34.8. The number of carbonyl (C=O) groups excluding carboxylic acids is 2. The van der Waals surface area contributed by atoms with Crippen LogP contribution in [-0.4, -0.2) is 44.0 Å². The average Bonchev–Trinajstić information content (AvgIpc) is 3.13. The number of hydrogen-bond acceptors (Lipinski definition) is 4. The minimum atomic E-state index is -0.663. The third-order valence-electron chi connectivity index (χ3n) is 10.7. The lowest BCUT2D eigenvalue weighted by Gasteiger charge is -2.43. The molecule has 2 amide bonds. The lowest BCUT2D eigenvalue weighted by Crippen LogP contribution is -2.51. The van der Waals surface area contributed by atoms with Crippen LogP contribution in [0.2, 0.25) is 0 Å². The summed E-state index contributed by atoms with van der Waals surface area (Å²) in [5, 5.41) is 10.2. The van der Waals surface area contributed by atoms with E-state index in [1.165, 1.54) is 11.6 Å². The van der Waals surface area contributed by atoms with Crippen LogP contribution in [0, 0.1) is 18.7 Å². The molecule has 258 valence electrons. The van der Waals surface area contributed by atoms with Crippen LogP contribution in [-0.2, 0) is 15.0 Å². The van der Waals surface area contributed by atoms with Gasteiger partial charge in [0.05, 0.1) is 11.3 Å². The first kappa shape index (κ1) is 36.0. The second-order valence-corrected chi connectivity index (χ2v) is 13.6. The van der Waals surface area contributed by atoms with Crippen molar-refractivity contribution in [2.24, 2.45) is 11.7 Å². The maximum Gasteiger partial charge on any atom is 0.228 e. The zero-order valence-corrected chi connectivity index (χ0v) is 29.0. The normalized spacial score (nSPS) is 22.4. The minimum absolute atomic E-state index is 0.0608. The number of amides is 2. The largest absolute Gasteiger partial charge is 0.369 e.